The van der Waals surface area contributed by atoms with Crippen LogP contribution >= 0.6 is 0 Å². The molecule has 1 unspecified atom stereocenters. The first-order valence-electron chi connectivity index (χ1n) is 7.35. The highest BCUT2D eigenvalue weighted by atomic mass is 32.2. The summed E-state index contributed by atoms with van der Waals surface area (Å²) in [6.45, 7) is 1.52. The van der Waals surface area contributed by atoms with Gasteiger partial charge in [-0.25, -0.2) is 17.5 Å². The van der Waals surface area contributed by atoms with Crippen molar-refractivity contribution in [2.24, 2.45) is 5.92 Å². The van der Waals surface area contributed by atoms with Gasteiger partial charge in [-0.3, -0.25) is 0 Å². The second-order valence-corrected chi connectivity index (χ2v) is 7.41. The van der Waals surface area contributed by atoms with Crippen molar-refractivity contribution in [3.05, 3.63) is 29.6 Å². The Bertz CT molecular complexity index is 583. The molecule has 118 valence electrons. The Morgan fingerprint density at radius 1 is 1.33 bits per heavy atom. The number of sulfonamides is 1. The SMILES string of the molecule is CC(NS(=O)(=O)c1ccc(CO)cc1F)C1CCCCC1. The van der Waals surface area contributed by atoms with Crippen molar-refractivity contribution in [1.82, 2.24) is 4.72 Å². The molecule has 1 aliphatic rings. The summed E-state index contributed by atoms with van der Waals surface area (Å²) in [4.78, 5) is -0.359. The van der Waals surface area contributed by atoms with Gasteiger partial charge < -0.3 is 5.11 Å². The maximum atomic E-state index is 13.9. The Kier molecular flexibility index (Phi) is 5.35. The van der Waals surface area contributed by atoms with Crippen LogP contribution in [0.4, 0.5) is 4.39 Å². The standard InChI is InChI=1S/C15H22FNO3S/c1-11(13-5-3-2-4-6-13)17-21(19,20)15-8-7-12(10-18)9-14(15)16/h7-9,11,13,17-18H,2-6,10H2,1H3. The first-order valence-corrected chi connectivity index (χ1v) is 8.84. The largest absolute Gasteiger partial charge is 0.392 e. The van der Waals surface area contributed by atoms with Crippen LogP contribution in [0.3, 0.4) is 0 Å². The van der Waals surface area contributed by atoms with Crippen LogP contribution in [0.5, 0.6) is 0 Å². The lowest BCUT2D eigenvalue weighted by Gasteiger charge is -2.28. The second-order valence-electron chi connectivity index (χ2n) is 5.73. The summed E-state index contributed by atoms with van der Waals surface area (Å²) < 4.78 is 41.1. The zero-order valence-electron chi connectivity index (χ0n) is 12.2. The number of halogens is 1. The summed E-state index contributed by atoms with van der Waals surface area (Å²) >= 11 is 0. The van der Waals surface area contributed by atoms with E-state index in [1.807, 2.05) is 6.92 Å². The van der Waals surface area contributed by atoms with Gasteiger partial charge in [-0.1, -0.05) is 25.3 Å². The van der Waals surface area contributed by atoms with Crippen molar-refractivity contribution in [2.45, 2.75) is 56.6 Å². The fraction of sp³-hybridized carbons (Fsp3) is 0.600. The van der Waals surface area contributed by atoms with Crippen LogP contribution in [-0.2, 0) is 16.6 Å². The van der Waals surface area contributed by atoms with Gasteiger partial charge in [0.25, 0.3) is 0 Å². The van der Waals surface area contributed by atoms with Crippen LogP contribution in [0.15, 0.2) is 23.1 Å². The average Bonchev–Trinajstić information content (AvgIpc) is 2.47. The van der Waals surface area contributed by atoms with Crippen LogP contribution < -0.4 is 4.72 Å². The summed E-state index contributed by atoms with van der Waals surface area (Å²) in [6, 6.07) is 3.48. The first-order chi connectivity index (χ1) is 9.94. The minimum atomic E-state index is -3.87. The molecule has 1 aromatic rings. The van der Waals surface area contributed by atoms with Gasteiger partial charge in [-0.05, 0) is 43.4 Å². The van der Waals surface area contributed by atoms with Gasteiger partial charge in [0.2, 0.25) is 10.0 Å². The second kappa shape index (κ2) is 6.85. The molecule has 0 spiro atoms. The van der Waals surface area contributed by atoms with Gasteiger partial charge in [-0.15, -0.1) is 0 Å². The lowest BCUT2D eigenvalue weighted by molar-refractivity contribution is 0.281. The molecule has 0 bridgehead atoms. The van der Waals surface area contributed by atoms with E-state index in [4.69, 9.17) is 5.11 Å². The van der Waals surface area contributed by atoms with Gasteiger partial charge in [0.1, 0.15) is 10.7 Å². The molecule has 2 rings (SSSR count). The average molecular weight is 315 g/mol. The van der Waals surface area contributed by atoms with E-state index in [0.717, 1.165) is 31.7 Å². The molecule has 0 aromatic heterocycles. The summed E-state index contributed by atoms with van der Waals surface area (Å²) in [7, 11) is -3.87. The Balaban J connectivity index is 2.14. The lowest BCUT2D eigenvalue weighted by atomic mass is 9.85. The molecule has 2 N–H and O–H groups in total. The third kappa shape index (κ3) is 4.02. The van der Waals surface area contributed by atoms with Crippen LogP contribution in [0.1, 0.15) is 44.6 Å². The Morgan fingerprint density at radius 2 is 2.00 bits per heavy atom. The molecule has 0 amide bonds. The zero-order valence-corrected chi connectivity index (χ0v) is 13.0. The minimum absolute atomic E-state index is 0.202. The van der Waals surface area contributed by atoms with Crippen molar-refractivity contribution in [3.63, 3.8) is 0 Å². The molecule has 6 heteroatoms. The van der Waals surface area contributed by atoms with Crippen molar-refractivity contribution >= 4 is 10.0 Å². The number of benzene rings is 1. The van der Waals surface area contributed by atoms with E-state index in [0.29, 0.717) is 11.5 Å². The molecule has 4 nitrogen and oxygen atoms in total. The molecule has 0 heterocycles. The highest BCUT2D eigenvalue weighted by Crippen LogP contribution is 2.27. The van der Waals surface area contributed by atoms with Crippen molar-refractivity contribution in [3.8, 4) is 0 Å². The third-order valence-corrected chi connectivity index (χ3v) is 5.76. The summed E-state index contributed by atoms with van der Waals surface area (Å²) in [6.07, 6.45) is 5.46. The van der Waals surface area contributed by atoms with Gasteiger partial charge in [-0.2, -0.15) is 0 Å². The summed E-state index contributed by atoms with van der Waals surface area (Å²) in [5, 5.41) is 8.94. The molecule has 1 aliphatic carbocycles. The van der Waals surface area contributed by atoms with Gasteiger partial charge in [0.05, 0.1) is 6.61 Å². The van der Waals surface area contributed by atoms with Gasteiger partial charge in [0.15, 0.2) is 0 Å². The molecular weight excluding hydrogens is 293 g/mol. The molecular formula is C15H22FNO3S. The quantitative estimate of drug-likeness (QED) is 0.877. The number of hydrogen-bond acceptors (Lipinski definition) is 3. The summed E-state index contributed by atoms with van der Waals surface area (Å²) in [5.74, 6) is -0.516. The Morgan fingerprint density at radius 3 is 2.57 bits per heavy atom. The molecule has 1 aromatic carbocycles. The van der Waals surface area contributed by atoms with Crippen molar-refractivity contribution in [1.29, 1.82) is 0 Å². The third-order valence-electron chi connectivity index (χ3n) is 4.17. The van der Waals surface area contributed by atoms with E-state index in [1.165, 1.54) is 18.6 Å². The van der Waals surface area contributed by atoms with E-state index in [-0.39, 0.29) is 17.5 Å². The van der Waals surface area contributed by atoms with Gasteiger partial charge in [0, 0.05) is 6.04 Å². The van der Waals surface area contributed by atoms with Crippen LogP contribution in [-0.4, -0.2) is 19.6 Å². The van der Waals surface area contributed by atoms with E-state index in [9.17, 15) is 12.8 Å². The predicted molar refractivity (Wildman–Crippen MR) is 78.7 cm³/mol. The topological polar surface area (TPSA) is 66.4 Å². The number of aliphatic hydroxyl groups is 1. The van der Waals surface area contributed by atoms with E-state index >= 15 is 0 Å². The fourth-order valence-electron chi connectivity index (χ4n) is 2.90. The molecule has 0 saturated heterocycles. The highest BCUT2D eigenvalue weighted by Gasteiger charge is 2.26. The smallest absolute Gasteiger partial charge is 0.243 e. The minimum Gasteiger partial charge on any atom is -0.392 e. The van der Waals surface area contributed by atoms with Crippen LogP contribution in [0.2, 0.25) is 0 Å². The number of nitrogens with one attached hydrogen (secondary N) is 1. The van der Waals surface area contributed by atoms with E-state index in [2.05, 4.69) is 4.72 Å². The summed E-state index contributed by atoms with van der Waals surface area (Å²) in [5.41, 5.74) is 0.353. The molecule has 21 heavy (non-hydrogen) atoms. The predicted octanol–water partition coefficient (Wildman–Crippen LogP) is 2.57. The monoisotopic (exact) mass is 315 g/mol. The zero-order chi connectivity index (χ0) is 15.5. The van der Waals surface area contributed by atoms with Crippen LogP contribution in [0, 0.1) is 11.7 Å². The van der Waals surface area contributed by atoms with Crippen molar-refractivity contribution < 1.29 is 17.9 Å². The first kappa shape index (κ1) is 16.4. The normalized spacial score (nSPS) is 18.6. The lowest BCUT2D eigenvalue weighted by Crippen LogP contribution is -2.39. The van der Waals surface area contributed by atoms with Crippen molar-refractivity contribution in [2.75, 3.05) is 0 Å². The molecule has 0 radical (unpaired) electrons. The maximum absolute atomic E-state index is 13.9. The molecule has 1 fully saturated rings. The maximum Gasteiger partial charge on any atom is 0.243 e. The molecule has 1 atom stereocenters. The molecule has 0 aliphatic heterocycles. The fourth-order valence-corrected chi connectivity index (χ4v) is 4.27. The number of rotatable bonds is 5. The number of aliphatic hydroxyl groups excluding tert-OH is 1. The van der Waals surface area contributed by atoms with Crippen LogP contribution in [0.25, 0.3) is 0 Å². The Labute approximate surface area is 125 Å². The highest BCUT2D eigenvalue weighted by molar-refractivity contribution is 7.89. The van der Waals surface area contributed by atoms with Gasteiger partial charge >= 0.3 is 0 Å². The molecule has 1 saturated carbocycles. The van der Waals surface area contributed by atoms with E-state index < -0.39 is 15.8 Å². The number of hydrogen-bond donors (Lipinski definition) is 2. The van der Waals surface area contributed by atoms with E-state index in [1.54, 1.807) is 0 Å². The Hall–Kier alpha value is -0.980.